The number of allylic oxidation sites excluding steroid dienone is 3. The largest absolute Gasteiger partial charge is 0.141 e. The van der Waals surface area contributed by atoms with Gasteiger partial charge in [0.05, 0.1) is 6.26 Å². The van der Waals surface area contributed by atoms with Crippen LogP contribution in [0.4, 0.5) is 0 Å². The van der Waals surface area contributed by atoms with E-state index in [9.17, 15) is 0 Å². The van der Waals surface area contributed by atoms with Gasteiger partial charge in [-0.3, -0.25) is 0 Å². The quantitative estimate of drug-likeness (QED) is 0.361. The highest BCUT2D eigenvalue weighted by Crippen LogP contribution is 2.23. The molecule has 13 heavy (non-hydrogen) atoms. The van der Waals surface area contributed by atoms with Crippen LogP contribution < -0.4 is 0 Å². The van der Waals surface area contributed by atoms with Crippen molar-refractivity contribution < 1.29 is 0 Å². The van der Waals surface area contributed by atoms with Crippen molar-refractivity contribution >= 4 is 11.8 Å². The molecule has 0 aliphatic rings. The second-order valence-electron chi connectivity index (χ2n) is 3.66. The van der Waals surface area contributed by atoms with Crippen LogP contribution in [0, 0.1) is 0 Å². The Labute approximate surface area is 87.5 Å². The topological polar surface area (TPSA) is 0 Å². The van der Waals surface area contributed by atoms with Gasteiger partial charge >= 0.3 is 0 Å². The fraction of sp³-hybridized carbons (Fsp3) is 0.667. The molecule has 0 N–H and O–H groups in total. The Morgan fingerprint density at radius 1 is 1.31 bits per heavy atom. The molecule has 76 valence electrons. The van der Waals surface area contributed by atoms with Crippen LogP contribution in [0.25, 0.3) is 0 Å². The van der Waals surface area contributed by atoms with Gasteiger partial charge in [-0.25, -0.2) is 0 Å². The highest BCUT2D eigenvalue weighted by atomic mass is 32.2. The number of thiol groups is 1. The van der Waals surface area contributed by atoms with Gasteiger partial charge in [0, 0.05) is 0 Å². The van der Waals surface area contributed by atoms with Gasteiger partial charge in [0.15, 0.2) is 0 Å². The van der Waals surface area contributed by atoms with E-state index in [0.29, 0.717) is 4.75 Å². The second-order valence-corrected chi connectivity index (χ2v) is 5.23. The predicted octanol–water partition coefficient (Wildman–Crippen LogP) is 3.51. The van der Waals surface area contributed by atoms with Crippen molar-refractivity contribution in [3.8, 4) is 0 Å². The molecule has 0 nitrogen and oxygen atoms in total. The predicted molar refractivity (Wildman–Crippen MR) is 66.6 cm³/mol. The van der Waals surface area contributed by atoms with Gasteiger partial charge in [-0.05, 0) is 44.0 Å². The van der Waals surface area contributed by atoms with Crippen molar-refractivity contribution in [3.63, 3.8) is 0 Å². The third-order valence-corrected chi connectivity index (χ3v) is 3.80. The molecular formula is C12H23S+. The van der Waals surface area contributed by atoms with Crippen molar-refractivity contribution in [2.24, 2.45) is 0 Å². The molecule has 0 aromatic heterocycles. The number of rotatable bonds is 5. The van der Waals surface area contributed by atoms with Crippen LogP contribution in [0.5, 0.6) is 0 Å². The lowest BCUT2D eigenvalue weighted by Crippen LogP contribution is -2.23. The van der Waals surface area contributed by atoms with E-state index in [-0.39, 0.29) is 0 Å². The monoisotopic (exact) mass is 199 g/mol. The minimum Gasteiger partial charge on any atom is -0.0848 e. The van der Waals surface area contributed by atoms with Gasteiger partial charge in [0.1, 0.15) is 4.75 Å². The summed E-state index contributed by atoms with van der Waals surface area (Å²) in [5.74, 6) is 0. The molecule has 0 spiro atoms. The van der Waals surface area contributed by atoms with Gasteiger partial charge < -0.3 is 0 Å². The van der Waals surface area contributed by atoms with Crippen molar-refractivity contribution in [2.45, 2.75) is 45.3 Å². The van der Waals surface area contributed by atoms with Crippen LogP contribution in [0.15, 0.2) is 23.8 Å². The molecule has 0 aromatic carbocycles. The van der Waals surface area contributed by atoms with E-state index < -0.39 is 0 Å². The van der Waals surface area contributed by atoms with Gasteiger partial charge in [0.2, 0.25) is 0 Å². The molecular weight excluding hydrogens is 176 g/mol. The van der Waals surface area contributed by atoms with Gasteiger partial charge in [-0.2, -0.15) is 0 Å². The summed E-state index contributed by atoms with van der Waals surface area (Å²) in [6.07, 6.45) is 11.2. The number of hydrogen-bond donors (Lipinski definition) is 0. The van der Waals surface area contributed by atoms with Crippen molar-refractivity contribution in [2.75, 3.05) is 6.26 Å². The molecule has 0 heterocycles. The fourth-order valence-corrected chi connectivity index (χ4v) is 1.74. The lowest BCUT2D eigenvalue weighted by molar-refractivity contribution is 0.788. The normalized spacial score (nSPS) is 14.1. The third kappa shape index (κ3) is 4.56. The van der Waals surface area contributed by atoms with Crippen LogP contribution in [0.1, 0.15) is 40.5 Å². The molecule has 0 saturated carbocycles. The van der Waals surface area contributed by atoms with Crippen LogP contribution >= 0.6 is 0 Å². The molecule has 0 aliphatic heterocycles. The summed E-state index contributed by atoms with van der Waals surface area (Å²) in [5.41, 5.74) is 1.54. The molecule has 0 unspecified atom stereocenters. The van der Waals surface area contributed by atoms with Gasteiger partial charge in [0.25, 0.3) is 0 Å². The van der Waals surface area contributed by atoms with E-state index in [1.165, 1.54) is 11.8 Å². The minimum absolute atomic E-state index is 0.340. The van der Waals surface area contributed by atoms with E-state index in [0.717, 1.165) is 12.8 Å². The zero-order chi connectivity index (χ0) is 10.3. The van der Waals surface area contributed by atoms with Gasteiger partial charge in [-0.1, -0.05) is 32.1 Å². The van der Waals surface area contributed by atoms with E-state index in [2.05, 4.69) is 52.2 Å². The average Bonchev–Trinajstić information content (AvgIpc) is 2.12. The van der Waals surface area contributed by atoms with E-state index >= 15 is 0 Å². The molecule has 0 fully saturated rings. The summed E-state index contributed by atoms with van der Waals surface area (Å²) >= 11 is 1.45. The maximum Gasteiger partial charge on any atom is 0.141 e. The van der Waals surface area contributed by atoms with Crippen molar-refractivity contribution in [1.29, 1.82) is 0 Å². The van der Waals surface area contributed by atoms with E-state index in [1.54, 1.807) is 5.57 Å². The van der Waals surface area contributed by atoms with Crippen LogP contribution in [0.3, 0.4) is 0 Å². The first-order valence-corrected chi connectivity index (χ1v) is 6.39. The maximum absolute atomic E-state index is 2.31. The zero-order valence-corrected chi connectivity index (χ0v) is 10.5. The maximum atomic E-state index is 2.31. The molecule has 1 heteroatoms. The molecule has 0 aromatic rings. The van der Waals surface area contributed by atoms with Crippen LogP contribution in [0.2, 0.25) is 0 Å². The smallest absolute Gasteiger partial charge is 0.0848 e. The van der Waals surface area contributed by atoms with Crippen molar-refractivity contribution in [3.05, 3.63) is 23.8 Å². The summed E-state index contributed by atoms with van der Waals surface area (Å²) in [5, 5.41) is 0. The van der Waals surface area contributed by atoms with Crippen molar-refractivity contribution in [1.82, 2.24) is 0 Å². The summed E-state index contributed by atoms with van der Waals surface area (Å²) in [7, 11) is 0. The Morgan fingerprint density at radius 3 is 2.31 bits per heavy atom. The number of hydrogen-bond acceptors (Lipinski definition) is 0. The minimum atomic E-state index is 0.340. The first-order chi connectivity index (χ1) is 6.08. The third-order valence-electron chi connectivity index (χ3n) is 2.39. The average molecular weight is 199 g/mol. The molecule has 0 amide bonds. The Bertz CT molecular complexity index is 187. The summed E-state index contributed by atoms with van der Waals surface area (Å²) in [4.78, 5) is 0. The summed E-state index contributed by atoms with van der Waals surface area (Å²) in [6.45, 7) is 9.02. The summed E-state index contributed by atoms with van der Waals surface area (Å²) < 4.78 is 0.340. The van der Waals surface area contributed by atoms with Gasteiger partial charge in [-0.15, -0.1) is 0 Å². The summed E-state index contributed by atoms with van der Waals surface area (Å²) in [6, 6.07) is 0. The first-order valence-electron chi connectivity index (χ1n) is 5.05. The van der Waals surface area contributed by atoms with E-state index in [1.807, 2.05) is 0 Å². The zero-order valence-electron chi connectivity index (χ0n) is 9.59. The molecule has 0 atom stereocenters. The molecule has 0 saturated heterocycles. The standard InChI is InChI=1S/C12H22S/c1-6-8-9-10-11(7-2)12(3,4)13-5/h8-10H,6-7H2,1-5H3/p+1/b9-8-,11-10+. The lowest BCUT2D eigenvalue weighted by Gasteiger charge is -2.17. The Kier molecular flexibility index (Phi) is 6.23. The Hall–Kier alpha value is -0.170. The SMILES string of the molecule is CC/C=C\C=C(/CC)C(C)(C)[SH+]C. The highest BCUT2D eigenvalue weighted by Gasteiger charge is 2.26. The lowest BCUT2D eigenvalue weighted by atomic mass is 9.99. The van der Waals surface area contributed by atoms with E-state index in [4.69, 9.17) is 0 Å². The highest BCUT2D eigenvalue weighted by molar-refractivity contribution is 7.79. The second kappa shape index (κ2) is 6.31. The van der Waals surface area contributed by atoms with Crippen LogP contribution in [-0.4, -0.2) is 11.0 Å². The molecule has 0 bridgehead atoms. The Morgan fingerprint density at radius 2 is 1.92 bits per heavy atom. The Balaban J connectivity index is 4.49. The molecule has 0 aliphatic carbocycles. The first kappa shape index (κ1) is 12.8. The molecule has 0 rings (SSSR count). The fourth-order valence-electron chi connectivity index (χ4n) is 1.22. The molecule has 0 radical (unpaired) electrons. The van der Waals surface area contributed by atoms with Crippen LogP contribution in [-0.2, 0) is 11.8 Å².